The van der Waals surface area contributed by atoms with E-state index in [1.54, 1.807) is 0 Å². The maximum atomic E-state index is 13.3. The molecule has 0 aromatic heterocycles. The molecule has 1 aromatic rings. The van der Waals surface area contributed by atoms with Crippen molar-refractivity contribution in [3.63, 3.8) is 0 Å². The van der Waals surface area contributed by atoms with Gasteiger partial charge < -0.3 is 0 Å². The van der Waals surface area contributed by atoms with E-state index in [2.05, 4.69) is 0 Å². The lowest BCUT2D eigenvalue weighted by atomic mass is 9.97. The number of hydrogen-bond acceptors (Lipinski definition) is 0. The summed E-state index contributed by atoms with van der Waals surface area (Å²) in [6.45, 7) is 5.09. The molecule has 0 N–H and O–H groups in total. The van der Waals surface area contributed by atoms with Crippen molar-refractivity contribution in [2.75, 3.05) is 0 Å². The van der Waals surface area contributed by atoms with Gasteiger partial charge in [-0.05, 0) is 29.7 Å². The molecule has 84 valence electrons. The van der Waals surface area contributed by atoms with E-state index in [1.165, 1.54) is 19.1 Å². The Morgan fingerprint density at radius 1 is 1.20 bits per heavy atom. The normalized spacial score (nSPS) is 12.2. The van der Waals surface area contributed by atoms with Crippen LogP contribution in [-0.4, -0.2) is 0 Å². The van der Waals surface area contributed by atoms with Crippen molar-refractivity contribution in [3.05, 3.63) is 35.1 Å². The Bertz CT molecular complexity index is 343. The van der Waals surface area contributed by atoms with Crippen molar-refractivity contribution < 1.29 is 13.2 Å². The van der Waals surface area contributed by atoms with Gasteiger partial charge in [-0.1, -0.05) is 20.8 Å². The third kappa shape index (κ3) is 2.74. The van der Waals surface area contributed by atoms with Gasteiger partial charge in [0.1, 0.15) is 5.82 Å². The summed E-state index contributed by atoms with van der Waals surface area (Å²) in [6.07, 6.45) is -0.312. The predicted molar refractivity (Wildman–Crippen MR) is 54.7 cm³/mol. The molecule has 3 heteroatoms. The van der Waals surface area contributed by atoms with Crippen molar-refractivity contribution in [1.82, 2.24) is 0 Å². The van der Waals surface area contributed by atoms with E-state index in [0.29, 0.717) is 5.56 Å². The van der Waals surface area contributed by atoms with Crippen LogP contribution in [-0.2, 0) is 5.92 Å². The molecule has 0 saturated heterocycles. The molecule has 0 aliphatic heterocycles. The van der Waals surface area contributed by atoms with Crippen LogP contribution in [0.1, 0.15) is 44.2 Å². The average Bonchev–Trinajstić information content (AvgIpc) is 2.16. The minimum Gasteiger partial charge on any atom is -0.207 e. The maximum absolute atomic E-state index is 13.3. The average molecular weight is 216 g/mol. The van der Waals surface area contributed by atoms with Gasteiger partial charge in [0.15, 0.2) is 0 Å². The topological polar surface area (TPSA) is 0 Å². The lowest BCUT2D eigenvalue weighted by Crippen LogP contribution is -2.12. The second kappa shape index (κ2) is 4.25. The van der Waals surface area contributed by atoms with E-state index >= 15 is 0 Å². The Hall–Kier alpha value is -0.990. The van der Waals surface area contributed by atoms with Gasteiger partial charge in [-0.15, -0.1) is 0 Å². The summed E-state index contributed by atoms with van der Waals surface area (Å²) in [5.41, 5.74) is 0.381. The van der Waals surface area contributed by atoms with Crippen LogP contribution in [0.4, 0.5) is 13.2 Å². The molecule has 0 fully saturated rings. The van der Waals surface area contributed by atoms with Gasteiger partial charge in [0.2, 0.25) is 0 Å². The zero-order valence-electron chi connectivity index (χ0n) is 9.15. The molecule has 0 unspecified atom stereocenters. The smallest absolute Gasteiger partial charge is 0.207 e. The van der Waals surface area contributed by atoms with Gasteiger partial charge in [-0.3, -0.25) is 0 Å². The van der Waals surface area contributed by atoms with Crippen LogP contribution in [0.15, 0.2) is 18.2 Å². The lowest BCUT2D eigenvalue weighted by molar-refractivity contribution is -0.00866. The van der Waals surface area contributed by atoms with E-state index in [1.807, 2.05) is 13.8 Å². The van der Waals surface area contributed by atoms with Crippen LogP contribution in [0.3, 0.4) is 0 Å². The molecule has 0 aliphatic carbocycles. The molecule has 0 amide bonds. The highest BCUT2D eigenvalue weighted by molar-refractivity contribution is 5.29. The SMILES string of the molecule is CCC(F)(F)c1cc(F)cc(C(C)C)c1. The van der Waals surface area contributed by atoms with Gasteiger partial charge in [0, 0.05) is 12.0 Å². The second-order valence-corrected chi connectivity index (χ2v) is 3.99. The van der Waals surface area contributed by atoms with Crippen LogP contribution in [0, 0.1) is 5.82 Å². The Labute approximate surface area is 88.1 Å². The first kappa shape index (κ1) is 12.1. The van der Waals surface area contributed by atoms with Crippen LogP contribution in [0.25, 0.3) is 0 Å². The van der Waals surface area contributed by atoms with Crippen molar-refractivity contribution in [1.29, 1.82) is 0 Å². The standard InChI is InChI=1S/C12H15F3/c1-4-12(14,15)10-5-9(8(2)3)6-11(13)7-10/h5-8H,4H2,1-3H3. The Kier molecular flexibility index (Phi) is 3.42. The van der Waals surface area contributed by atoms with Crippen molar-refractivity contribution in [3.8, 4) is 0 Å². The number of benzene rings is 1. The fourth-order valence-electron chi connectivity index (χ4n) is 1.36. The van der Waals surface area contributed by atoms with Gasteiger partial charge >= 0.3 is 0 Å². The van der Waals surface area contributed by atoms with Crippen LogP contribution >= 0.6 is 0 Å². The molecule has 0 radical (unpaired) electrons. The third-order valence-electron chi connectivity index (χ3n) is 2.45. The molecule has 1 rings (SSSR count). The summed E-state index contributed by atoms with van der Waals surface area (Å²) in [6, 6.07) is 3.60. The summed E-state index contributed by atoms with van der Waals surface area (Å²) < 4.78 is 39.8. The summed E-state index contributed by atoms with van der Waals surface area (Å²) in [5, 5.41) is 0. The van der Waals surface area contributed by atoms with Crippen molar-refractivity contribution >= 4 is 0 Å². The summed E-state index contributed by atoms with van der Waals surface area (Å²) in [4.78, 5) is 0. The minimum atomic E-state index is -2.94. The monoisotopic (exact) mass is 216 g/mol. The number of hydrogen-bond donors (Lipinski definition) is 0. The summed E-state index contributed by atoms with van der Waals surface area (Å²) >= 11 is 0. The Morgan fingerprint density at radius 3 is 2.27 bits per heavy atom. The van der Waals surface area contributed by atoms with Gasteiger partial charge in [-0.2, -0.15) is 0 Å². The largest absolute Gasteiger partial charge is 0.273 e. The minimum absolute atomic E-state index is 0.0482. The quantitative estimate of drug-likeness (QED) is 0.700. The van der Waals surface area contributed by atoms with E-state index in [4.69, 9.17) is 0 Å². The van der Waals surface area contributed by atoms with E-state index in [-0.39, 0.29) is 17.9 Å². The second-order valence-electron chi connectivity index (χ2n) is 3.99. The van der Waals surface area contributed by atoms with Crippen LogP contribution in [0.2, 0.25) is 0 Å². The molecule has 0 bridgehead atoms. The molecular weight excluding hydrogens is 201 g/mol. The zero-order chi connectivity index (χ0) is 11.6. The molecular formula is C12H15F3. The predicted octanol–water partition coefficient (Wildman–Crippen LogP) is 4.45. The molecule has 0 aliphatic rings. The molecule has 0 spiro atoms. The number of rotatable bonds is 3. The molecule has 0 heterocycles. The van der Waals surface area contributed by atoms with Crippen LogP contribution < -0.4 is 0 Å². The number of alkyl halides is 2. The number of halogens is 3. The van der Waals surface area contributed by atoms with Gasteiger partial charge in [-0.25, -0.2) is 13.2 Å². The van der Waals surface area contributed by atoms with Gasteiger partial charge in [0.05, 0.1) is 0 Å². The Balaban J connectivity index is 3.20. The fourth-order valence-corrected chi connectivity index (χ4v) is 1.36. The molecule has 0 atom stereocenters. The molecule has 15 heavy (non-hydrogen) atoms. The zero-order valence-corrected chi connectivity index (χ0v) is 9.15. The molecule has 1 aromatic carbocycles. The van der Waals surface area contributed by atoms with Gasteiger partial charge in [0.25, 0.3) is 5.92 Å². The van der Waals surface area contributed by atoms with Crippen molar-refractivity contribution in [2.45, 2.75) is 39.0 Å². The highest BCUT2D eigenvalue weighted by Crippen LogP contribution is 2.33. The van der Waals surface area contributed by atoms with Crippen LogP contribution in [0.5, 0.6) is 0 Å². The Morgan fingerprint density at radius 2 is 1.80 bits per heavy atom. The summed E-state index contributed by atoms with van der Waals surface area (Å²) in [5.74, 6) is -3.48. The fraction of sp³-hybridized carbons (Fsp3) is 0.500. The highest BCUT2D eigenvalue weighted by Gasteiger charge is 2.29. The van der Waals surface area contributed by atoms with E-state index < -0.39 is 11.7 Å². The summed E-state index contributed by atoms with van der Waals surface area (Å²) in [7, 11) is 0. The molecule has 0 nitrogen and oxygen atoms in total. The van der Waals surface area contributed by atoms with E-state index in [0.717, 1.165) is 6.07 Å². The first-order valence-electron chi connectivity index (χ1n) is 5.05. The lowest BCUT2D eigenvalue weighted by Gasteiger charge is -2.16. The maximum Gasteiger partial charge on any atom is 0.273 e. The van der Waals surface area contributed by atoms with Crippen molar-refractivity contribution in [2.24, 2.45) is 0 Å². The first-order chi connectivity index (χ1) is 6.86. The third-order valence-corrected chi connectivity index (χ3v) is 2.45. The van der Waals surface area contributed by atoms with E-state index in [9.17, 15) is 13.2 Å². The first-order valence-corrected chi connectivity index (χ1v) is 5.05. The molecule has 0 saturated carbocycles. The highest BCUT2D eigenvalue weighted by atomic mass is 19.3.